The minimum absolute atomic E-state index is 0.274. The van der Waals surface area contributed by atoms with Gasteiger partial charge in [0.15, 0.2) is 0 Å². The maximum Gasteiger partial charge on any atom is 0.141 e. The van der Waals surface area contributed by atoms with Gasteiger partial charge in [0, 0.05) is 25.7 Å². The van der Waals surface area contributed by atoms with Crippen LogP contribution in [0.5, 0.6) is 0 Å². The zero-order valence-electron chi connectivity index (χ0n) is 11.8. The molecule has 1 N–H and O–H groups in total. The maximum absolute atomic E-state index is 13.3. The molecule has 0 aliphatic rings. The quantitative estimate of drug-likeness (QED) is 0.810. The lowest BCUT2D eigenvalue weighted by molar-refractivity contribution is 0.554. The molecule has 0 fully saturated rings. The molecule has 1 atom stereocenters. The van der Waals surface area contributed by atoms with Crippen LogP contribution in [-0.4, -0.2) is 25.1 Å². The molecule has 3 nitrogen and oxygen atoms in total. The molecule has 0 aromatic carbocycles. The molecule has 0 saturated heterocycles. The summed E-state index contributed by atoms with van der Waals surface area (Å²) in [4.78, 5) is 6.34. The number of hydrogen-bond acceptors (Lipinski definition) is 3. The molecular formula is C14H24FN3. The van der Waals surface area contributed by atoms with Crippen LogP contribution in [-0.2, 0) is 6.54 Å². The molecule has 0 radical (unpaired) electrons. The van der Waals surface area contributed by atoms with E-state index in [0.717, 1.165) is 30.9 Å². The van der Waals surface area contributed by atoms with Gasteiger partial charge >= 0.3 is 0 Å². The Labute approximate surface area is 109 Å². The van der Waals surface area contributed by atoms with Crippen molar-refractivity contribution in [2.45, 2.75) is 33.7 Å². The molecule has 0 amide bonds. The summed E-state index contributed by atoms with van der Waals surface area (Å²) in [5.41, 5.74) is 0.919. The average Bonchev–Trinajstić information content (AvgIpc) is 2.36. The van der Waals surface area contributed by atoms with E-state index in [4.69, 9.17) is 0 Å². The molecule has 0 aliphatic heterocycles. The minimum atomic E-state index is -0.274. The number of rotatable bonds is 7. The van der Waals surface area contributed by atoms with Crippen LogP contribution in [0, 0.1) is 11.7 Å². The molecule has 1 rings (SSSR count). The van der Waals surface area contributed by atoms with Gasteiger partial charge in [-0.3, -0.25) is 0 Å². The lowest BCUT2D eigenvalue weighted by Crippen LogP contribution is -2.27. The summed E-state index contributed by atoms with van der Waals surface area (Å²) in [6.07, 6.45) is 2.42. The SMILES string of the molecule is CCNCc1cc(F)cnc1N(C)CC(C)CC. The van der Waals surface area contributed by atoms with E-state index < -0.39 is 0 Å². The Morgan fingerprint density at radius 3 is 2.78 bits per heavy atom. The van der Waals surface area contributed by atoms with Crippen molar-refractivity contribution in [3.63, 3.8) is 0 Å². The minimum Gasteiger partial charge on any atom is -0.359 e. The second-order valence-electron chi connectivity index (χ2n) is 4.81. The largest absolute Gasteiger partial charge is 0.359 e. The third-order valence-electron chi connectivity index (χ3n) is 3.12. The van der Waals surface area contributed by atoms with E-state index in [2.05, 4.69) is 29.0 Å². The van der Waals surface area contributed by atoms with Crippen molar-refractivity contribution in [3.8, 4) is 0 Å². The van der Waals surface area contributed by atoms with Crippen molar-refractivity contribution in [3.05, 3.63) is 23.6 Å². The highest BCUT2D eigenvalue weighted by Crippen LogP contribution is 2.19. The van der Waals surface area contributed by atoms with Gasteiger partial charge in [0.05, 0.1) is 6.20 Å². The topological polar surface area (TPSA) is 28.2 Å². The number of pyridine rings is 1. The highest BCUT2D eigenvalue weighted by molar-refractivity contribution is 5.46. The number of nitrogens with one attached hydrogen (secondary N) is 1. The fraction of sp³-hybridized carbons (Fsp3) is 0.643. The number of halogens is 1. The first-order valence-corrected chi connectivity index (χ1v) is 6.64. The smallest absolute Gasteiger partial charge is 0.141 e. The van der Waals surface area contributed by atoms with Gasteiger partial charge in [0.2, 0.25) is 0 Å². The fourth-order valence-corrected chi connectivity index (χ4v) is 1.89. The van der Waals surface area contributed by atoms with E-state index in [1.807, 2.05) is 14.0 Å². The highest BCUT2D eigenvalue weighted by atomic mass is 19.1. The van der Waals surface area contributed by atoms with E-state index in [-0.39, 0.29) is 5.82 Å². The van der Waals surface area contributed by atoms with Crippen LogP contribution in [0.3, 0.4) is 0 Å². The Morgan fingerprint density at radius 1 is 1.44 bits per heavy atom. The zero-order chi connectivity index (χ0) is 13.5. The molecule has 0 aliphatic carbocycles. The molecule has 1 unspecified atom stereocenters. The zero-order valence-corrected chi connectivity index (χ0v) is 11.8. The summed E-state index contributed by atoms with van der Waals surface area (Å²) in [5.74, 6) is 1.20. The fourth-order valence-electron chi connectivity index (χ4n) is 1.89. The van der Waals surface area contributed by atoms with E-state index in [9.17, 15) is 4.39 Å². The molecule has 0 saturated carbocycles. The van der Waals surface area contributed by atoms with Crippen molar-refractivity contribution >= 4 is 5.82 Å². The summed E-state index contributed by atoms with van der Waals surface area (Å²) in [6.45, 7) is 8.89. The number of hydrogen-bond donors (Lipinski definition) is 1. The van der Waals surface area contributed by atoms with Crippen LogP contribution in [0.25, 0.3) is 0 Å². The molecule has 18 heavy (non-hydrogen) atoms. The third kappa shape index (κ3) is 4.26. The lowest BCUT2D eigenvalue weighted by Gasteiger charge is -2.24. The molecule has 1 aromatic heterocycles. The Morgan fingerprint density at radius 2 is 2.17 bits per heavy atom. The first kappa shape index (κ1) is 14.9. The van der Waals surface area contributed by atoms with E-state index >= 15 is 0 Å². The van der Waals surface area contributed by atoms with Gasteiger partial charge in [0.1, 0.15) is 11.6 Å². The van der Waals surface area contributed by atoms with Gasteiger partial charge in [-0.05, 0) is 18.5 Å². The molecule has 4 heteroatoms. The molecule has 0 spiro atoms. The predicted molar refractivity (Wildman–Crippen MR) is 74.3 cm³/mol. The van der Waals surface area contributed by atoms with Gasteiger partial charge in [-0.25, -0.2) is 9.37 Å². The summed E-state index contributed by atoms with van der Waals surface area (Å²) < 4.78 is 13.3. The number of anilines is 1. The normalized spacial score (nSPS) is 12.5. The molecule has 102 valence electrons. The Balaban J connectivity index is 2.85. The average molecular weight is 253 g/mol. The third-order valence-corrected chi connectivity index (χ3v) is 3.12. The van der Waals surface area contributed by atoms with E-state index in [1.54, 1.807) is 6.07 Å². The lowest BCUT2D eigenvalue weighted by atomic mass is 10.1. The second kappa shape index (κ2) is 7.31. The van der Waals surface area contributed by atoms with Crippen molar-refractivity contribution in [1.82, 2.24) is 10.3 Å². The summed E-state index contributed by atoms with van der Waals surface area (Å²) in [5, 5.41) is 3.22. The summed E-state index contributed by atoms with van der Waals surface area (Å²) in [7, 11) is 2.02. The van der Waals surface area contributed by atoms with Crippen LogP contribution in [0.1, 0.15) is 32.8 Å². The highest BCUT2D eigenvalue weighted by Gasteiger charge is 2.12. The first-order chi connectivity index (χ1) is 8.58. The molecule has 0 bridgehead atoms. The molecule has 1 heterocycles. The van der Waals surface area contributed by atoms with Crippen LogP contribution in [0.15, 0.2) is 12.3 Å². The van der Waals surface area contributed by atoms with E-state index in [1.165, 1.54) is 6.20 Å². The van der Waals surface area contributed by atoms with Crippen LogP contribution in [0.2, 0.25) is 0 Å². The number of aromatic nitrogens is 1. The summed E-state index contributed by atoms with van der Waals surface area (Å²) >= 11 is 0. The van der Waals surface area contributed by atoms with Crippen molar-refractivity contribution in [2.75, 3.05) is 25.0 Å². The molecular weight excluding hydrogens is 229 g/mol. The van der Waals surface area contributed by atoms with Gasteiger partial charge in [0.25, 0.3) is 0 Å². The first-order valence-electron chi connectivity index (χ1n) is 6.64. The van der Waals surface area contributed by atoms with Gasteiger partial charge in [-0.15, -0.1) is 0 Å². The summed E-state index contributed by atoms with van der Waals surface area (Å²) in [6, 6.07) is 1.57. The number of nitrogens with zero attached hydrogens (tertiary/aromatic N) is 2. The van der Waals surface area contributed by atoms with Crippen molar-refractivity contribution in [1.29, 1.82) is 0 Å². The monoisotopic (exact) mass is 253 g/mol. The van der Waals surface area contributed by atoms with Gasteiger partial charge < -0.3 is 10.2 Å². The van der Waals surface area contributed by atoms with Crippen LogP contribution < -0.4 is 10.2 Å². The van der Waals surface area contributed by atoms with Gasteiger partial charge in [-0.1, -0.05) is 27.2 Å². The molecule has 1 aromatic rings. The van der Waals surface area contributed by atoms with Gasteiger partial charge in [-0.2, -0.15) is 0 Å². The second-order valence-corrected chi connectivity index (χ2v) is 4.81. The Hall–Kier alpha value is -1.16. The van der Waals surface area contributed by atoms with Crippen molar-refractivity contribution in [2.24, 2.45) is 5.92 Å². The maximum atomic E-state index is 13.3. The van der Waals surface area contributed by atoms with Crippen LogP contribution in [0.4, 0.5) is 10.2 Å². The standard InChI is InChI=1S/C14H24FN3/c1-5-11(3)10-18(4)14-12(8-16-6-2)7-13(15)9-17-14/h7,9,11,16H,5-6,8,10H2,1-4H3. The predicted octanol–water partition coefficient (Wildman–Crippen LogP) is 2.81. The Bertz CT molecular complexity index is 368. The van der Waals surface area contributed by atoms with E-state index in [0.29, 0.717) is 12.5 Å². The Kier molecular flexibility index (Phi) is 6.05. The van der Waals surface area contributed by atoms with Crippen LogP contribution >= 0.6 is 0 Å². The van der Waals surface area contributed by atoms with Crippen molar-refractivity contribution < 1.29 is 4.39 Å².